The normalized spacial score (nSPS) is 15.5. The fourth-order valence-electron chi connectivity index (χ4n) is 0.545. The fraction of sp³-hybridized carbons (Fsp3) is 0.714. The molecule has 80 valence electrons. The molecule has 7 heteroatoms. The van der Waals surface area contributed by atoms with Gasteiger partial charge in [0.05, 0.1) is 12.0 Å². The van der Waals surface area contributed by atoms with Crippen LogP contribution in [0.15, 0.2) is 0 Å². The third kappa shape index (κ3) is 3.72. The predicted octanol–water partition coefficient (Wildman–Crippen LogP) is -0.461. The Balaban J connectivity index is 4.38. The maximum atomic E-state index is 11.2. The number of nitriles is 1. The average Bonchev–Trinajstić information content (AvgIpc) is 2.12. The third-order valence-electron chi connectivity index (χ3n) is 1.62. The number of nitrogens with zero attached hydrogens (tertiary/aromatic N) is 1. The Hall–Kier alpha value is -1.13. The van der Waals surface area contributed by atoms with Crippen LogP contribution in [0.5, 0.6) is 0 Å². The van der Waals surface area contributed by atoms with Crippen LogP contribution in [0, 0.1) is 17.2 Å². The van der Waals surface area contributed by atoms with Gasteiger partial charge in [0, 0.05) is 6.54 Å². The highest BCUT2D eigenvalue weighted by Crippen LogP contribution is 1.99. The van der Waals surface area contributed by atoms with Crippen molar-refractivity contribution in [2.75, 3.05) is 6.54 Å². The van der Waals surface area contributed by atoms with Crippen molar-refractivity contribution in [2.45, 2.75) is 19.1 Å². The molecule has 14 heavy (non-hydrogen) atoms. The molecule has 0 aromatic heterocycles. The second-order valence-corrected chi connectivity index (χ2v) is 4.99. The number of sulfonamides is 1. The first kappa shape index (κ1) is 12.9. The minimum absolute atomic E-state index is 0.0730. The molecule has 0 spiro atoms. The maximum Gasteiger partial charge on any atom is 0.323 e. The quantitative estimate of drug-likeness (QED) is 0.651. The SMILES string of the molecule is CC(C#N)CNS(=O)(=O)C(C)C(=O)O. The van der Waals surface area contributed by atoms with E-state index in [9.17, 15) is 13.2 Å². The number of carbonyl (C=O) groups is 1. The molecule has 0 fully saturated rings. The predicted molar refractivity (Wildman–Crippen MR) is 48.8 cm³/mol. The highest BCUT2D eigenvalue weighted by Gasteiger charge is 2.27. The highest BCUT2D eigenvalue weighted by molar-refractivity contribution is 7.90. The van der Waals surface area contributed by atoms with E-state index in [4.69, 9.17) is 10.4 Å². The summed E-state index contributed by atoms with van der Waals surface area (Å²) in [6, 6.07) is 1.83. The molecule has 6 nitrogen and oxygen atoms in total. The molecule has 0 aromatic carbocycles. The van der Waals surface area contributed by atoms with E-state index in [1.807, 2.05) is 6.07 Å². The van der Waals surface area contributed by atoms with Gasteiger partial charge in [0.1, 0.15) is 0 Å². The first-order valence-corrected chi connectivity index (χ1v) is 5.46. The topological polar surface area (TPSA) is 107 Å². The molecule has 0 heterocycles. The Morgan fingerprint density at radius 2 is 2.07 bits per heavy atom. The second kappa shape index (κ2) is 4.93. The van der Waals surface area contributed by atoms with E-state index in [1.54, 1.807) is 0 Å². The largest absolute Gasteiger partial charge is 0.480 e. The minimum atomic E-state index is -3.87. The van der Waals surface area contributed by atoms with Crippen LogP contribution in [-0.4, -0.2) is 31.3 Å². The van der Waals surface area contributed by atoms with Crippen LogP contribution < -0.4 is 4.72 Å². The summed E-state index contributed by atoms with van der Waals surface area (Å²) in [4.78, 5) is 10.4. The standard InChI is InChI=1S/C7H12N2O4S/c1-5(3-8)4-9-14(12,13)6(2)7(10)11/h5-6,9H,4H2,1-2H3,(H,10,11). The fourth-order valence-corrected chi connectivity index (χ4v) is 1.54. The molecule has 2 unspecified atom stereocenters. The van der Waals surface area contributed by atoms with Gasteiger partial charge in [0.25, 0.3) is 0 Å². The summed E-state index contributed by atoms with van der Waals surface area (Å²) >= 11 is 0. The third-order valence-corrected chi connectivity index (χ3v) is 3.33. The molecule has 2 N–H and O–H groups in total. The second-order valence-electron chi connectivity index (χ2n) is 2.90. The Kier molecular flexibility index (Phi) is 4.53. The lowest BCUT2D eigenvalue weighted by molar-refractivity contribution is -0.136. The van der Waals surface area contributed by atoms with Gasteiger partial charge in [-0.2, -0.15) is 5.26 Å². The van der Waals surface area contributed by atoms with Gasteiger partial charge in [-0.05, 0) is 13.8 Å². The zero-order chi connectivity index (χ0) is 11.4. The lowest BCUT2D eigenvalue weighted by Gasteiger charge is -2.10. The summed E-state index contributed by atoms with van der Waals surface area (Å²) in [6.07, 6.45) is 0. The van der Waals surface area contributed by atoms with Crippen molar-refractivity contribution < 1.29 is 18.3 Å². The van der Waals surface area contributed by atoms with Crippen LogP contribution in [0.4, 0.5) is 0 Å². The van der Waals surface area contributed by atoms with Crippen molar-refractivity contribution >= 4 is 16.0 Å². The monoisotopic (exact) mass is 220 g/mol. The summed E-state index contributed by atoms with van der Waals surface area (Å²) in [5.74, 6) is -1.90. The van der Waals surface area contributed by atoms with Crippen molar-refractivity contribution in [3.05, 3.63) is 0 Å². The van der Waals surface area contributed by atoms with E-state index in [-0.39, 0.29) is 6.54 Å². The Morgan fingerprint density at radius 1 is 1.57 bits per heavy atom. The molecule has 0 bridgehead atoms. The molecular formula is C7H12N2O4S. The van der Waals surface area contributed by atoms with Gasteiger partial charge < -0.3 is 5.11 Å². The number of rotatable bonds is 5. The van der Waals surface area contributed by atoms with Gasteiger partial charge in [-0.15, -0.1) is 0 Å². The maximum absolute atomic E-state index is 11.2. The number of carboxylic acids is 1. The van der Waals surface area contributed by atoms with Gasteiger partial charge in [-0.25, -0.2) is 13.1 Å². The molecule has 0 saturated heterocycles. The summed E-state index contributed by atoms with van der Waals surface area (Å²) in [5.41, 5.74) is 0. The Bertz CT molecular complexity index is 343. The molecule has 0 rings (SSSR count). The van der Waals surface area contributed by atoms with Crippen molar-refractivity contribution in [2.24, 2.45) is 5.92 Å². The van der Waals surface area contributed by atoms with Crippen molar-refractivity contribution in [3.8, 4) is 6.07 Å². The molecule has 2 atom stereocenters. The first-order chi connectivity index (χ1) is 6.31. The first-order valence-electron chi connectivity index (χ1n) is 3.92. The molecular weight excluding hydrogens is 208 g/mol. The minimum Gasteiger partial charge on any atom is -0.480 e. The Labute approximate surface area is 82.6 Å². The van der Waals surface area contributed by atoms with Crippen LogP contribution in [0.3, 0.4) is 0 Å². The molecule has 0 radical (unpaired) electrons. The summed E-state index contributed by atoms with van der Waals surface area (Å²) in [6.45, 7) is 2.53. The van der Waals surface area contributed by atoms with E-state index < -0.39 is 27.2 Å². The van der Waals surface area contributed by atoms with Crippen LogP contribution >= 0.6 is 0 Å². The van der Waals surface area contributed by atoms with Crippen LogP contribution in [0.2, 0.25) is 0 Å². The number of carboxylic acid groups (broad SMARTS) is 1. The van der Waals surface area contributed by atoms with E-state index in [1.165, 1.54) is 6.92 Å². The van der Waals surface area contributed by atoms with Gasteiger partial charge in [0.2, 0.25) is 10.0 Å². The Morgan fingerprint density at radius 3 is 2.43 bits per heavy atom. The zero-order valence-corrected chi connectivity index (χ0v) is 8.71. The summed E-state index contributed by atoms with van der Waals surface area (Å²) in [5, 5.41) is 15.3. The van der Waals surface area contributed by atoms with Gasteiger partial charge >= 0.3 is 5.97 Å². The van der Waals surface area contributed by atoms with E-state index in [2.05, 4.69) is 4.72 Å². The number of aliphatic carboxylic acids is 1. The van der Waals surface area contributed by atoms with Crippen LogP contribution in [-0.2, 0) is 14.8 Å². The summed E-state index contributed by atoms with van der Waals surface area (Å²) < 4.78 is 24.4. The molecule has 0 aliphatic rings. The smallest absolute Gasteiger partial charge is 0.323 e. The number of nitrogens with one attached hydrogen (secondary N) is 1. The average molecular weight is 220 g/mol. The highest BCUT2D eigenvalue weighted by atomic mass is 32.2. The molecule has 0 aliphatic carbocycles. The lowest BCUT2D eigenvalue weighted by Crippen LogP contribution is -2.39. The van der Waals surface area contributed by atoms with Crippen LogP contribution in [0.25, 0.3) is 0 Å². The molecule has 0 aliphatic heterocycles. The lowest BCUT2D eigenvalue weighted by atomic mass is 10.2. The molecule has 0 amide bonds. The van der Waals surface area contributed by atoms with Gasteiger partial charge in [-0.3, -0.25) is 4.79 Å². The zero-order valence-electron chi connectivity index (χ0n) is 7.89. The van der Waals surface area contributed by atoms with Crippen molar-refractivity contribution in [3.63, 3.8) is 0 Å². The summed E-state index contributed by atoms with van der Waals surface area (Å²) in [7, 11) is -3.87. The number of hydrogen-bond donors (Lipinski definition) is 2. The molecule has 0 aromatic rings. The molecule has 0 saturated carbocycles. The van der Waals surface area contributed by atoms with E-state index >= 15 is 0 Å². The van der Waals surface area contributed by atoms with E-state index in [0.717, 1.165) is 6.92 Å². The van der Waals surface area contributed by atoms with Gasteiger partial charge in [0.15, 0.2) is 5.25 Å². The van der Waals surface area contributed by atoms with Crippen molar-refractivity contribution in [1.82, 2.24) is 4.72 Å². The van der Waals surface area contributed by atoms with Gasteiger partial charge in [-0.1, -0.05) is 0 Å². The van der Waals surface area contributed by atoms with Crippen LogP contribution in [0.1, 0.15) is 13.8 Å². The van der Waals surface area contributed by atoms with Crippen molar-refractivity contribution in [1.29, 1.82) is 5.26 Å². The van der Waals surface area contributed by atoms with E-state index in [0.29, 0.717) is 0 Å². The number of hydrogen-bond acceptors (Lipinski definition) is 4.